The van der Waals surface area contributed by atoms with Crippen LogP contribution in [0.2, 0.25) is 0 Å². The summed E-state index contributed by atoms with van der Waals surface area (Å²) in [7, 11) is 0. The first-order valence-corrected chi connectivity index (χ1v) is 4.77. The van der Waals surface area contributed by atoms with Crippen LogP contribution in [-0.4, -0.2) is 6.54 Å². The van der Waals surface area contributed by atoms with Crippen LogP contribution < -0.4 is 5.73 Å². The summed E-state index contributed by atoms with van der Waals surface area (Å²) in [6, 6.07) is 8.39. The third kappa shape index (κ3) is 3.43. The van der Waals surface area contributed by atoms with E-state index < -0.39 is 0 Å². The van der Waals surface area contributed by atoms with Crippen LogP contribution in [0.25, 0.3) is 6.08 Å². The molecule has 1 aromatic carbocycles. The number of unbranched alkanes of at least 4 members (excludes halogenated alkanes) is 1. The zero-order valence-corrected chi connectivity index (χ0v) is 8.16. The molecule has 0 unspecified atom stereocenters. The van der Waals surface area contributed by atoms with E-state index in [-0.39, 0.29) is 0 Å². The van der Waals surface area contributed by atoms with Crippen molar-refractivity contribution in [2.24, 2.45) is 5.73 Å². The topological polar surface area (TPSA) is 26.0 Å². The fourth-order valence-electron chi connectivity index (χ4n) is 1.22. The minimum Gasteiger partial charge on any atom is -0.330 e. The van der Waals surface area contributed by atoms with Gasteiger partial charge >= 0.3 is 0 Å². The molecule has 0 saturated carbocycles. The van der Waals surface area contributed by atoms with Crippen LogP contribution in [0.1, 0.15) is 24.0 Å². The Labute approximate surface area is 80.3 Å². The molecule has 13 heavy (non-hydrogen) atoms. The van der Waals surface area contributed by atoms with Crippen molar-refractivity contribution < 1.29 is 0 Å². The molecule has 1 heteroatoms. The standard InChI is InChI=1S/C12H17N/c1-11-7-4-5-9-12(11)8-3-2-6-10-13/h3-5,7-9H,2,6,10,13H2,1H3. The molecule has 2 N–H and O–H groups in total. The third-order valence-electron chi connectivity index (χ3n) is 2.06. The van der Waals surface area contributed by atoms with E-state index in [1.807, 2.05) is 0 Å². The summed E-state index contributed by atoms with van der Waals surface area (Å²) in [5.41, 5.74) is 8.03. The Hall–Kier alpha value is -1.08. The molecule has 0 radical (unpaired) electrons. The molecule has 1 rings (SSSR count). The van der Waals surface area contributed by atoms with E-state index in [0.29, 0.717) is 0 Å². The molecule has 0 aliphatic carbocycles. The second kappa shape index (κ2) is 5.55. The molecule has 1 aromatic rings. The molecule has 0 aliphatic heterocycles. The van der Waals surface area contributed by atoms with Crippen molar-refractivity contribution in [1.82, 2.24) is 0 Å². The highest BCUT2D eigenvalue weighted by Gasteiger charge is 1.89. The second-order valence-electron chi connectivity index (χ2n) is 3.19. The molecule has 1 nitrogen and oxygen atoms in total. The van der Waals surface area contributed by atoms with Crippen LogP contribution in [0.15, 0.2) is 30.3 Å². The summed E-state index contributed by atoms with van der Waals surface area (Å²) >= 11 is 0. The van der Waals surface area contributed by atoms with Gasteiger partial charge in [0.15, 0.2) is 0 Å². The summed E-state index contributed by atoms with van der Waals surface area (Å²) in [4.78, 5) is 0. The first-order chi connectivity index (χ1) is 6.34. The highest BCUT2D eigenvalue weighted by molar-refractivity contribution is 5.53. The molecule has 0 heterocycles. The Morgan fingerprint density at radius 3 is 2.77 bits per heavy atom. The van der Waals surface area contributed by atoms with Gasteiger partial charge in [0, 0.05) is 0 Å². The van der Waals surface area contributed by atoms with Gasteiger partial charge in [0.05, 0.1) is 0 Å². The molecular weight excluding hydrogens is 158 g/mol. The fraction of sp³-hybridized carbons (Fsp3) is 0.333. The van der Waals surface area contributed by atoms with Crippen molar-refractivity contribution in [3.63, 3.8) is 0 Å². The summed E-state index contributed by atoms with van der Waals surface area (Å²) in [5, 5.41) is 0. The molecule has 0 aromatic heterocycles. The number of benzene rings is 1. The van der Waals surface area contributed by atoms with Crippen molar-refractivity contribution in [2.45, 2.75) is 19.8 Å². The lowest BCUT2D eigenvalue weighted by Crippen LogP contribution is -1.96. The largest absolute Gasteiger partial charge is 0.330 e. The van der Waals surface area contributed by atoms with Gasteiger partial charge in [0.25, 0.3) is 0 Å². The van der Waals surface area contributed by atoms with E-state index in [4.69, 9.17) is 5.73 Å². The third-order valence-corrected chi connectivity index (χ3v) is 2.06. The fourth-order valence-corrected chi connectivity index (χ4v) is 1.22. The van der Waals surface area contributed by atoms with Crippen molar-refractivity contribution in [1.29, 1.82) is 0 Å². The van der Waals surface area contributed by atoms with Gasteiger partial charge in [0.1, 0.15) is 0 Å². The van der Waals surface area contributed by atoms with Gasteiger partial charge in [-0.1, -0.05) is 36.4 Å². The molecule has 0 aliphatic rings. The monoisotopic (exact) mass is 175 g/mol. The molecule has 0 atom stereocenters. The maximum Gasteiger partial charge on any atom is -0.00743 e. The SMILES string of the molecule is Cc1ccccc1C=CCCCN. The van der Waals surface area contributed by atoms with Crippen LogP contribution in [0.3, 0.4) is 0 Å². The maximum atomic E-state index is 5.40. The highest BCUT2D eigenvalue weighted by Crippen LogP contribution is 2.09. The average molecular weight is 175 g/mol. The number of hydrogen-bond acceptors (Lipinski definition) is 1. The Bertz CT molecular complexity index is 276. The van der Waals surface area contributed by atoms with Gasteiger partial charge < -0.3 is 5.73 Å². The lowest BCUT2D eigenvalue weighted by molar-refractivity contribution is 0.857. The molecule has 0 amide bonds. The zero-order chi connectivity index (χ0) is 9.52. The quantitative estimate of drug-likeness (QED) is 0.700. The molecule has 0 saturated heterocycles. The molecular formula is C12H17N. The Balaban J connectivity index is 2.53. The molecule has 0 fully saturated rings. The van der Waals surface area contributed by atoms with E-state index in [1.54, 1.807) is 0 Å². The van der Waals surface area contributed by atoms with E-state index in [0.717, 1.165) is 19.4 Å². The van der Waals surface area contributed by atoms with Crippen LogP contribution in [-0.2, 0) is 0 Å². The summed E-state index contributed by atoms with van der Waals surface area (Å²) < 4.78 is 0. The van der Waals surface area contributed by atoms with E-state index in [1.165, 1.54) is 11.1 Å². The summed E-state index contributed by atoms with van der Waals surface area (Å²) in [5.74, 6) is 0. The summed E-state index contributed by atoms with van der Waals surface area (Å²) in [6.07, 6.45) is 6.51. The number of aryl methyl sites for hydroxylation is 1. The van der Waals surface area contributed by atoms with Crippen molar-refractivity contribution in [2.75, 3.05) is 6.54 Å². The van der Waals surface area contributed by atoms with Crippen LogP contribution in [0.5, 0.6) is 0 Å². The minimum atomic E-state index is 0.776. The normalized spacial score (nSPS) is 10.9. The Morgan fingerprint density at radius 1 is 1.31 bits per heavy atom. The first-order valence-electron chi connectivity index (χ1n) is 4.77. The number of allylic oxidation sites excluding steroid dienone is 1. The van der Waals surface area contributed by atoms with Gasteiger partial charge in [-0.2, -0.15) is 0 Å². The highest BCUT2D eigenvalue weighted by atomic mass is 14.5. The van der Waals surface area contributed by atoms with E-state index in [9.17, 15) is 0 Å². The number of rotatable bonds is 4. The Morgan fingerprint density at radius 2 is 2.08 bits per heavy atom. The van der Waals surface area contributed by atoms with Crippen LogP contribution in [0, 0.1) is 6.92 Å². The minimum absolute atomic E-state index is 0.776. The van der Waals surface area contributed by atoms with Crippen LogP contribution >= 0.6 is 0 Å². The average Bonchev–Trinajstić information content (AvgIpc) is 2.15. The van der Waals surface area contributed by atoms with E-state index in [2.05, 4.69) is 43.3 Å². The predicted octanol–water partition coefficient (Wildman–Crippen LogP) is 2.75. The smallest absolute Gasteiger partial charge is 0.00743 e. The number of nitrogens with two attached hydrogens (primary N) is 1. The molecule has 0 spiro atoms. The first kappa shape index (κ1) is 10.0. The summed E-state index contributed by atoms with van der Waals surface area (Å²) in [6.45, 7) is 2.90. The van der Waals surface area contributed by atoms with E-state index >= 15 is 0 Å². The Kier molecular flexibility index (Phi) is 4.27. The number of hydrogen-bond donors (Lipinski definition) is 1. The van der Waals surface area contributed by atoms with Gasteiger partial charge in [-0.3, -0.25) is 0 Å². The van der Waals surface area contributed by atoms with Gasteiger partial charge in [-0.25, -0.2) is 0 Å². The molecule has 70 valence electrons. The van der Waals surface area contributed by atoms with Crippen molar-refractivity contribution in [3.8, 4) is 0 Å². The molecule has 0 bridgehead atoms. The second-order valence-corrected chi connectivity index (χ2v) is 3.19. The predicted molar refractivity (Wildman–Crippen MR) is 58.5 cm³/mol. The van der Waals surface area contributed by atoms with Crippen molar-refractivity contribution in [3.05, 3.63) is 41.5 Å². The lowest BCUT2D eigenvalue weighted by atomic mass is 10.1. The van der Waals surface area contributed by atoms with Gasteiger partial charge in [-0.05, 0) is 37.4 Å². The van der Waals surface area contributed by atoms with Crippen molar-refractivity contribution >= 4 is 6.08 Å². The maximum absolute atomic E-state index is 5.40. The van der Waals surface area contributed by atoms with Crippen LogP contribution in [0.4, 0.5) is 0 Å². The van der Waals surface area contributed by atoms with Gasteiger partial charge in [-0.15, -0.1) is 0 Å². The lowest BCUT2D eigenvalue weighted by Gasteiger charge is -1.97. The zero-order valence-electron chi connectivity index (χ0n) is 8.16. The van der Waals surface area contributed by atoms with Gasteiger partial charge in [0.2, 0.25) is 0 Å².